The number of rotatable bonds is 3. The zero-order valence-corrected chi connectivity index (χ0v) is 14.7. The van der Waals surface area contributed by atoms with Gasteiger partial charge in [0.2, 0.25) is 5.91 Å². The smallest absolute Gasteiger partial charge is 0.408 e. The van der Waals surface area contributed by atoms with Crippen LogP contribution < -0.4 is 5.32 Å². The van der Waals surface area contributed by atoms with E-state index in [0.29, 0.717) is 12.8 Å². The summed E-state index contributed by atoms with van der Waals surface area (Å²) in [5.41, 5.74) is 1.23. The number of carbonyl (C=O) groups excluding carboxylic acids is 2. The van der Waals surface area contributed by atoms with Crippen LogP contribution >= 0.6 is 0 Å². The number of carbonyl (C=O) groups is 3. The van der Waals surface area contributed by atoms with Gasteiger partial charge in [0, 0.05) is 12.1 Å². The Bertz CT molecular complexity index is 576. The Labute approximate surface area is 142 Å². The number of nitrogens with zero attached hydrogens (tertiary/aromatic N) is 1. The molecule has 0 unspecified atom stereocenters. The lowest BCUT2D eigenvalue weighted by Gasteiger charge is -2.29. The highest BCUT2D eigenvalue weighted by molar-refractivity contribution is 5.91. The van der Waals surface area contributed by atoms with Crippen LogP contribution in [0.2, 0.25) is 0 Å². The highest BCUT2D eigenvalue weighted by Gasteiger charge is 2.42. The second-order valence-electron chi connectivity index (χ2n) is 7.39. The molecule has 0 bridgehead atoms. The third-order valence-electron chi connectivity index (χ3n) is 4.22. The van der Waals surface area contributed by atoms with Crippen molar-refractivity contribution in [3.8, 4) is 0 Å². The van der Waals surface area contributed by atoms with Gasteiger partial charge >= 0.3 is 12.1 Å². The third kappa shape index (κ3) is 4.07. The molecule has 0 aromatic carbocycles. The van der Waals surface area contributed by atoms with E-state index in [-0.39, 0.29) is 0 Å². The van der Waals surface area contributed by atoms with Crippen LogP contribution in [0.1, 0.15) is 59.8 Å². The molecule has 7 nitrogen and oxygen atoms in total. The summed E-state index contributed by atoms with van der Waals surface area (Å²) in [6, 6.07) is -1.72. The molecule has 0 spiro atoms. The van der Waals surface area contributed by atoms with Gasteiger partial charge in [-0.05, 0) is 59.0 Å². The average molecular weight is 338 g/mol. The third-order valence-corrected chi connectivity index (χ3v) is 4.22. The van der Waals surface area contributed by atoms with E-state index in [9.17, 15) is 19.5 Å². The Kier molecular flexibility index (Phi) is 5.20. The fraction of sp³-hybridized carbons (Fsp3) is 0.706. The topological polar surface area (TPSA) is 95.9 Å². The molecule has 0 fully saturated rings. The maximum atomic E-state index is 12.8. The molecule has 2 amide bonds. The summed E-state index contributed by atoms with van der Waals surface area (Å²) in [6.07, 6.45) is 3.23. The normalized spacial score (nSPS) is 22.0. The van der Waals surface area contributed by atoms with Crippen molar-refractivity contribution in [1.82, 2.24) is 10.2 Å². The quantitative estimate of drug-likeness (QED) is 0.824. The first-order valence-electron chi connectivity index (χ1n) is 8.36. The lowest BCUT2D eigenvalue weighted by molar-refractivity contribution is -0.148. The van der Waals surface area contributed by atoms with Crippen molar-refractivity contribution in [3.05, 3.63) is 11.3 Å². The first-order chi connectivity index (χ1) is 11.1. The van der Waals surface area contributed by atoms with Gasteiger partial charge in [0.05, 0.1) is 0 Å². The summed E-state index contributed by atoms with van der Waals surface area (Å²) < 4.78 is 5.15. The molecule has 0 radical (unpaired) electrons. The summed E-state index contributed by atoms with van der Waals surface area (Å²) >= 11 is 0. The van der Waals surface area contributed by atoms with E-state index in [2.05, 4.69) is 5.32 Å². The minimum absolute atomic E-state index is 0.384. The lowest BCUT2D eigenvalue weighted by atomic mass is 9.96. The summed E-state index contributed by atoms with van der Waals surface area (Å²) in [4.78, 5) is 37.6. The van der Waals surface area contributed by atoms with E-state index in [1.165, 1.54) is 4.90 Å². The van der Waals surface area contributed by atoms with Crippen LogP contribution in [-0.4, -0.2) is 45.7 Å². The molecular weight excluding hydrogens is 312 g/mol. The number of allylic oxidation sites excluding steroid dienone is 1. The van der Waals surface area contributed by atoms with Crippen molar-refractivity contribution in [1.29, 1.82) is 0 Å². The Morgan fingerprint density at radius 1 is 1.25 bits per heavy atom. The Hall–Kier alpha value is -2.05. The molecule has 2 aliphatic rings. The molecule has 1 aliphatic carbocycles. The molecule has 2 N–H and O–H groups in total. The Morgan fingerprint density at radius 2 is 1.88 bits per heavy atom. The van der Waals surface area contributed by atoms with Gasteiger partial charge in [-0.25, -0.2) is 9.59 Å². The van der Waals surface area contributed by atoms with E-state index in [0.717, 1.165) is 30.5 Å². The highest BCUT2D eigenvalue weighted by Crippen LogP contribution is 2.38. The molecule has 1 aliphatic heterocycles. The number of carboxylic acid groups (broad SMARTS) is 1. The van der Waals surface area contributed by atoms with E-state index in [4.69, 9.17) is 4.74 Å². The average Bonchev–Trinajstić information content (AvgIpc) is 2.83. The van der Waals surface area contributed by atoms with E-state index in [1.807, 2.05) is 0 Å². The number of hydrogen-bond donors (Lipinski definition) is 2. The minimum Gasteiger partial charge on any atom is -0.480 e. The molecule has 0 aromatic heterocycles. The zero-order valence-electron chi connectivity index (χ0n) is 14.7. The summed E-state index contributed by atoms with van der Waals surface area (Å²) in [5, 5.41) is 12.0. The number of amides is 2. The fourth-order valence-electron chi connectivity index (χ4n) is 3.21. The van der Waals surface area contributed by atoms with Crippen LogP contribution in [0.4, 0.5) is 4.79 Å². The van der Waals surface area contributed by atoms with Gasteiger partial charge in [0.1, 0.15) is 17.7 Å². The first kappa shape index (κ1) is 18.3. The van der Waals surface area contributed by atoms with Gasteiger partial charge < -0.3 is 15.2 Å². The van der Waals surface area contributed by atoms with Crippen LogP contribution in [0.5, 0.6) is 0 Å². The Balaban J connectivity index is 2.12. The van der Waals surface area contributed by atoms with Crippen LogP contribution in [-0.2, 0) is 14.3 Å². The summed E-state index contributed by atoms with van der Waals surface area (Å²) in [6.45, 7) is 6.75. The molecule has 7 heteroatoms. The second kappa shape index (κ2) is 6.83. The highest BCUT2D eigenvalue weighted by atomic mass is 16.6. The molecule has 24 heavy (non-hydrogen) atoms. The molecule has 0 saturated heterocycles. The van der Waals surface area contributed by atoms with E-state index in [1.54, 1.807) is 27.7 Å². The Morgan fingerprint density at radius 3 is 2.46 bits per heavy atom. The number of hydrogen-bond acceptors (Lipinski definition) is 4. The number of carboxylic acids is 1. The molecule has 2 atom stereocenters. The SMILES string of the molecule is C[C@H](NC(=O)OC(C)(C)C)C(=O)N1C2=C(CCCC2)C[C@H]1C(=O)O. The van der Waals surface area contributed by atoms with Gasteiger partial charge in [-0.1, -0.05) is 0 Å². The number of alkyl carbamates (subject to hydrolysis) is 1. The van der Waals surface area contributed by atoms with Gasteiger partial charge in [-0.3, -0.25) is 9.69 Å². The van der Waals surface area contributed by atoms with Gasteiger partial charge in [0.25, 0.3) is 0 Å². The number of ether oxygens (including phenoxy) is 1. The van der Waals surface area contributed by atoms with Crippen molar-refractivity contribution in [2.45, 2.75) is 77.5 Å². The minimum atomic E-state index is -1.01. The van der Waals surface area contributed by atoms with Gasteiger partial charge in [-0.15, -0.1) is 0 Å². The molecule has 0 aromatic rings. The standard InChI is InChI=1S/C17H26N2O5/c1-10(18-16(23)24-17(2,3)4)14(20)19-12-8-6-5-7-11(12)9-13(19)15(21)22/h10,13H,5-9H2,1-4H3,(H,18,23)(H,21,22)/t10-,13-/m0/s1. The summed E-state index contributed by atoms with van der Waals surface area (Å²) in [7, 11) is 0. The van der Waals surface area contributed by atoms with Crippen molar-refractivity contribution in [3.63, 3.8) is 0 Å². The van der Waals surface area contributed by atoms with Crippen molar-refractivity contribution in [2.24, 2.45) is 0 Å². The van der Waals surface area contributed by atoms with Crippen LogP contribution in [0.3, 0.4) is 0 Å². The number of aliphatic carboxylic acids is 1. The monoisotopic (exact) mass is 338 g/mol. The lowest BCUT2D eigenvalue weighted by Crippen LogP contribution is -2.51. The van der Waals surface area contributed by atoms with E-state index >= 15 is 0 Å². The van der Waals surface area contributed by atoms with E-state index < -0.39 is 35.7 Å². The number of nitrogens with one attached hydrogen (secondary N) is 1. The maximum absolute atomic E-state index is 12.8. The first-order valence-corrected chi connectivity index (χ1v) is 8.36. The fourth-order valence-corrected chi connectivity index (χ4v) is 3.21. The second-order valence-corrected chi connectivity index (χ2v) is 7.39. The van der Waals surface area contributed by atoms with Crippen molar-refractivity contribution < 1.29 is 24.2 Å². The zero-order chi connectivity index (χ0) is 18.1. The molecular formula is C17H26N2O5. The van der Waals surface area contributed by atoms with Crippen LogP contribution in [0, 0.1) is 0 Å². The maximum Gasteiger partial charge on any atom is 0.408 e. The molecule has 0 saturated carbocycles. The molecule has 1 heterocycles. The van der Waals surface area contributed by atoms with Crippen molar-refractivity contribution in [2.75, 3.05) is 0 Å². The van der Waals surface area contributed by atoms with Crippen LogP contribution in [0.15, 0.2) is 11.3 Å². The predicted octanol–water partition coefficient (Wildman–Crippen LogP) is 2.41. The van der Waals surface area contributed by atoms with Crippen molar-refractivity contribution >= 4 is 18.0 Å². The van der Waals surface area contributed by atoms with Gasteiger partial charge in [-0.2, -0.15) is 0 Å². The largest absolute Gasteiger partial charge is 0.480 e. The predicted molar refractivity (Wildman–Crippen MR) is 87.2 cm³/mol. The summed E-state index contributed by atoms with van der Waals surface area (Å²) in [5.74, 6) is -1.41. The van der Waals surface area contributed by atoms with Gasteiger partial charge in [0.15, 0.2) is 0 Å². The van der Waals surface area contributed by atoms with Crippen LogP contribution in [0.25, 0.3) is 0 Å². The molecule has 134 valence electrons. The molecule has 2 rings (SSSR count).